The predicted molar refractivity (Wildman–Crippen MR) is 87.7 cm³/mol. The number of nitrogens with one attached hydrogen (secondary N) is 2. The third-order valence-corrected chi connectivity index (χ3v) is 3.43. The lowest BCUT2D eigenvalue weighted by Crippen LogP contribution is -2.14. The zero-order valence-electron chi connectivity index (χ0n) is 12.2. The number of Topliss-reactive ketones (excluding diaryl/α,β-unsaturated/α-hetero) is 1. The molecule has 1 amide bonds. The molecule has 110 valence electrons. The molecule has 0 saturated heterocycles. The molecule has 0 atom stereocenters. The number of amides is 1. The summed E-state index contributed by atoms with van der Waals surface area (Å²) in [6, 6.07) is 17.7. The van der Waals surface area contributed by atoms with Crippen LogP contribution in [0.25, 0.3) is 22.2 Å². The number of aromatic amines is 1. The van der Waals surface area contributed by atoms with Gasteiger partial charge >= 0.3 is 0 Å². The van der Waals surface area contributed by atoms with E-state index in [0.717, 1.165) is 22.2 Å². The number of aromatic nitrogens is 1. The Morgan fingerprint density at radius 1 is 1.05 bits per heavy atom. The van der Waals surface area contributed by atoms with E-state index in [4.69, 9.17) is 0 Å². The van der Waals surface area contributed by atoms with Crippen LogP contribution >= 0.6 is 0 Å². The Kier molecular flexibility index (Phi) is 3.74. The van der Waals surface area contributed by atoms with E-state index in [2.05, 4.69) is 10.3 Å². The second-order valence-electron chi connectivity index (χ2n) is 5.24. The Balaban J connectivity index is 1.97. The molecule has 22 heavy (non-hydrogen) atoms. The molecule has 0 aliphatic rings. The molecule has 0 spiro atoms. The van der Waals surface area contributed by atoms with Gasteiger partial charge in [0.15, 0.2) is 0 Å². The van der Waals surface area contributed by atoms with E-state index >= 15 is 0 Å². The van der Waals surface area contributed by atoms with Crippen molar-refractivity contribution in [3.63, 3.8) is 0 Å². The Hall–Kier alpha value is -2.88. The number of H-pyrrole nitrogens is 1. The van der Waals surface area contributed by atoms with Gasteiger partial charge in [0.2, 0.25) is 5.91 Å². The maximum atomic E-state index is 11.8. The number of carbonyl (C=O) groups is 2. The van der Waals surface area contributed by atoms with Crippen LogP contribution in [0.4, 0.5) is 5.69 Å². The van der Waals surface area contributed by atoms with Crippen LogP contribution in [0.1, 0.15) is 13.3 Å². The molecule has 1 heterocycles. The van der Waals surface area contributed by atoms with E-state index in [1.807, 2.05) is 54.6 Å². The molecule has 2 aromatic carbocycles. The first-order valence-corrected chi connectivity index (χ1v) is 7.10. The molecule has 3 rings (SSSR count). The molecule has 4 nitrogen and oxygen atoms in total. The number of hydrogen-bond acceptors (Lipinski definition) is 2. The maximum absolute atomic E-state index is 11.8. The average Bonchev–Trinajstić information content (AvgIpc) is 2.92. The summed E-state index contributed by atoms with van der Waals surface area (Å²) in [5, 5.41) is 3.73. The smallest absolute Gasteiger partial charge is 0.231 e. The van der Waals surface area contributed by atoms with Gasteiger partial charge in [-0.2, -0.15) is 0 Å². The third kappa shape index (κ3) is 2.91. The lowest BCUT2D eigenvalue weighted by Gasteiger charge is -2.05. The highest BCUT2D eigenvalue weighted by atomic mass is 16.2. The summed E-state index contributed by atoms with van der Waals surface area (Å²) in [4.78, 5) is 26.2. The quantitative estimate of drug-likeness (QED) is 0.719. The second-order valence-corrected chi connectivity index (χ2v) is 5.24. The highest BCUT2D eigenvalue weighted by Gasteiger charge is 2.10. The van der Waals surface area contributed by atoms with Crippen LogP contribution < -0.4 is 5.32 Å². The van der Waals surface area contributed by atoms with Crippen LogP contribution in [-0.4, -0.2) is 16.7 Å². The number of anilines is 1. The fourth-order valence-electron chi connectivity index (χ4n) is 2.46. The van der Waals surface area contributed by atoms with Gasteiger partial charge in [-0.25, -0.2) is 0 Å². The molecule has 0 radical (unpaired) electrons. The van der Waals surface area contributed by atoms with Crippen molar-refractivity contribution in [1.82, 2.24) is 4.98 Å². The Morgan fingerprint density at radius 2 is 1.82 bits per heavy atom. The number of fused-ring (bicyclic) bond motifs is 1. The van der Waals surface area contributed by atoms with Gasteiger partial charge in [0, 0.05) is 16.6 Å². The Morgan fingerprint density at radius 3 is 2.55 bits per heavy atom. The van der Waals surface area contributed by atoms with E-state index in [0.29, 0.717) is 5.69 Å². The van der Waals surface area contributed by atoms with Crippen molar-refractivity contribution in [1.29, 1.82) is 0 Å². The van der Waals surface area contributed by atoms with Crippen molar-refractivity contribution in [3.05, 3.63) is 54.6 Å². The molecular formula is C18H16N2O2. The van der Waals surface area contributed by atoms with E-state index in [-0.39, 0.29) is 18.1 Å². The van der Waals surface area contributed by atoms with Crippen LogP contribution in [0, 0.1) is 0 Å². The molecule has 0 unspecified atom stereocenters. The van der Waals surface area contributed by atoms with Crippen molar-refractivity contribution in [2.75, 3.05) is 5.32 Å². The van der Waals surface area contributed by atoms with Crippen molar-refractivity contribution >= 4 is 28.3 Å². The zero-order chi connectivity index (χ0) is 15.5. The Labute approximate surface area is 128 Å². The van der Waals surface area contributed by atoms with Crippen molar-refractivity contribution in [2.45, 2.75) is 13.3 Å². The monoisotopic (exact) mass is 292 g/mol. The maximum Gasteiger partial charge on any atom is 0.231 e. The normalized spacial score (nSPS) is 10.6. The summed E-state index contributed by atoms with van der Waals surface area (Å²) in [5.41, 5.74) is 3.73. The number of ketones is 1. The third-order valence-electron chi connectivity index (χ3n) is 3.43. The molecule has 0 saturated carbocycles. The number of carbonyl (C=O) groups excluding carboxylic acids is 2. The minimum Gasteiger partial charge on any atom is -0.354 e. The molecular weight excluding hydrogens is 276 g/mol. The largest absolute Gasteiger partial charge is 0.354 e. The van der Waals surface area contributed by atoms with Crippen LogP contribution in [-0.2, 0) is 9.59 Å². The van der Waals surface area contributed by atoms with Gasteiger partial charge < -0.3 is 10.3 Å². The summed E-state index contributed by atoms with van der Waals surface area (Å²) in [6.07, 6.45) is -0.105. The lowest BCUT2D eigenvalue weighted by molar-refractivity contribution is -0.124. The van der Waals surface area contributed by atoms with Gasteiger partial charge in [-0.1, -0.05) is 36.4 Å². The zero-order valence-corrected chi connectivity index (χ0v) is 12.2. The van der Waals surface area contributed by atoms with Gasteiger partial charge in [0.1, 0.15) is 5.78 Å². The fraction of sp³-hybridized carbons (Fsp3) is 0.111. The SMILES string of the molecule is CC(=O)CC(=O)Nc1cccc2[nH]c(-c3ccccc3)cc12. The summed E-state index contributed by atoms with van der Waals surface area (Å²) in [6.45, 7) is 1.41. The van der Waals surface area contributed by atoms with Gasteiger partial charge in [-0.15, -0.1) is 0 Å². The number of hydrogen-bond donors (Lipinski definition) is 2. The van der Waals surface area contributed by atoms with E-state index in [1.165, 1.54) is 6.92 Å². The summed E-state index contributed by atoms with van der Waals surface area (Å²) < 4.78 is 0. The van der Waals surface area contributed by atoms with E-state index in [1.54, 1.807) is 0 Å². The van der Waals surface area contributed by atoms with Gasteiger partial charge in [0.05, 0.1) is 12.1 Å². The Bertz CT molecular complexity index is 835. The van der Waals surface area contributed by atoms with Crippen molar-refractivity contribution in [2.24, 2.45) is 0 Å². The highest BCUT2D eigenvalue weighted by molar-refractivity contribution is 6.08. The average molecular weight is 292 g/mol. The van der Waals surface area contributed by atoms with Crippen molar-refractivity contribution < 1.29 is 9.59 Å². The molecule has 1 aromatic heterocycles. The molecule has 0 aliphatic heterocycles. The van der Waals surface area contributed by atoms with Gasteiger partial charge in [-0.05, 0) is 30.7 Å². The summed E-state index contributed by atoms with van der Waals surface area (Å²) in [7, 11) is 0. The summed E-state index contributed by atoms with van der Waals surface area (Å²) in [5.74, 6) is -0.439. The first-order valence-electron chi connectivity index (χ1n) is 7.10. The van der Waals surface area contributed by atoms with Crippen LogP contribution in [0.5, 0.6) is 0 Å². The minimum absolute atomic E-state index is 0.105. The van der Waals surface area contributed by atoms with E-state index < -0.39 is 0 Å². The number of benzene rings is 2. The molecule has 3 aromatic rings. The summed E-state index contributed by atoms with van der Waals surface area (Å²) >= 11 is 0. The van der Waals surface area contributed by atoms with Gasteiger partial charge in [-0.3, -0.25) is 9.59 Å². The number of rotatable bonds is 4. The topological polar surface area (TPSA) is 62.0 Å². The first kappa shape index (κ1) is 14.1. The molecule has 4 heteroatoms. The second kappa shape index (κ2) is 5.85. The van der Waals surface area contributed by atoms with E-state index in [9.17, 15) is 9.59 Å². The van der Waals surface area contributed by atoms with Gasteiger partial charge in [0.25, 0.3) is 0 Å². The lowest BCUT2D eigenvalue weighted by atomic mass is 10.1. The fourth-order valence-corrected chi connectivity index (χ4v) is 2.46. The molecule has 0 bridgehead atoms. The highest BCUT2D eigenvalue weighted by Crippen LogP contribution is 2.29. The predicted octanol–water partition coefficient (Wildman–Crippen LogP) is 3.75. The van der Waals surface area contributed by atoms with Crippen LogP contribution in [0.15, 0.2) is 54.6 Å². The first-order chi connectivity index (χ1) is 10.6. The standard InChI is InChI=1S/C18H16N2O2/c1-12(21)10-18(22)20-16-9-5-8-15-14(16)11-17(19-15)13-6-3-2-4-7-13/h2-9,11,19H,10H2,1H3,(H,20,22). The van der Waals surface area contributed by atoms with Crippen LogP contribution in [0.3, 0.4) is 0 Å². The molecule has 2 N–H and O–H groups in total. The molecule has 0 fully saturated rings. The molecule has 0 aliphatic carbocycles. The minimum atomic E-state index is -0.289. The van der Waals surface area contributed by atoms with Crippen molar-refractivity contribution in [3.8, 4) is 11.3 Å². The van der Waals surface area contributed by atoms with Crippen LogP contribution in [0.2, 0.25) is 0 Å².